The Kier molecular flexibility index (Phi) is 2.60. The molecule has 1 saturated heterocycles. The van der Waals surface area contributed by atoms with Gasteiger partial charge in [-0.15, -0.1) is 0 Å². The van der Waals surface area contributed by atoms with Crippen LogP contribution in [0.4, 0.5) is 5.82 Å². The second-order valence-electron chi connectivity index (χ2n) is 5.46. The van der Waals surface area contributed by atoms with E-state index in [0.29, 0.717) is 6.04 Å². The van der Waals surface area contributed by atoms with Crippen LogP contribution in [-0.2, 0) is 13.1 Å². The maximum atomic E-state index is 6.24. The molecule has 2 aliphatic rings. The number of rotatable bonds is 1. The first kappa shape index (κ1) is 11.0. The lowest BCUT2D eigenvalue weighted by molar-refractivity contribution is 0.212. The number of hydrogen-bond acceptors (Lipinski definition) is 4. The molecule has 94 valence electrons. The van der Waals surface area contributed by atoms with Crippen molar-refractivity contribution in [1.29, 1.82) is 0 Å². The summed E-state index contributed by atoms with van der Waals surface area (Å²) in [6, 6.07) is 0.502. The maximum Gasteiger partial charge on any atom is 0.126 e. The number of anilines is 1. The molecule has 0 amide bonds. The van der Waals surface area contributed by atoms with Crippen molar-refractivity contribution in [2.45, 2.75) is 32.0 Å². The van der Waals surface area contributed by atoms with Crippen molar-refractivity contribution in [2.24, 2.45) is 0 Å². The summed E-state index contributed by atoms with van der Waals surface area (Å²) in [6.45, 7) is 4.19. The average molecular weight is 235 g/mol. The van der Waals surface area contributed by atoms with Crippen molar-refractivity contribution in [2.75, 3.05) is 32.9 Å². The lowest BCUT2D eigenvalue weighted by atomic mass is 10.1. The molecule has 2 N–H and O–H groups in total. The van der Waals surface area contributed by atoms with E-state index in [9.17, 15) is 0 Å². The fourth-order valence-corrected chi connectivity index (χ4v) is 2.93. The molecule has 0 spiro atoms. The Bertz CT molecular complexity index is 417. The smallest absolute Gasteiger partial charge is 0.126 e. The van der Waals surface area contributed by atoms with Gasteiger partial charge in [-0.3, -0.25) is 4.90 Å². The van der Waals surface area contributed by atoms with E-state index in [1.165, 1.54) is 11.3 Å². The zero-order valence-corrected chi connectivity index (χ0v) is 10.7. The first-order valence-electron chi connectivity index (χ1n) is 6.38. The molecule has 1 aromatic rings. The standard InChI is InChI=1S/C12H21N5/c1-15-5-3-9(4-6-15)17-12(13)10-7-16(2)8-11(10)14-17/h9H,3-8,13H2,1-2H3. The first-order valence-corrected chi connectivity index (χ1v) is 6.38. The molecule has 0 atom stereocenters. The molecule has 5 heteroatoms. The monoisotopic (exact) mass is 235 g/mol. The molecule has 3 rings (SSSR count). The molecule has 0 aliphatic carbocycles. The number of aromatic nitrogens is 2. The molecule has 0 saturated carbocycles. The van der Waals surface area contributed by atoms with Crippen molar-refractivity contribution in [1.82, 2.24) is 19.6 Å². The van der Waals surface area contributed by atoms with Gasteiger partial charge < -0.3 is 10.6 Å². The molecule has 3 heterocycles. The Labute approximate surface area is 102 Å². The largest absolute Gasteiger partial charge is 0.384 e. The Morgan fingerprint density at radius 1 is 1.12 bits per heavy atom. The van der Waals surface area contributed by atoms with Gasteiger partial charge >= 0.3 is 0 Å². The van der Waals surface area contributed by atoms with E-state index in [2.05, 4.69) is 28.6 Å². The van der Waals surface area contributed by atoms with Crippen molar-refractivity contribution in [3.8, 4) is 0 Å². The normalized spacial score (nSPS) is 23.2. The summed E-state index contributed by atoms with van der Waals surface area (Å²) in [7, 11) is 4.29. The fourth-order valence-electron chi connectivity index (χ4n) is 2.93. The number of likely N-dealkylation sites (tertiary alicyclic amines) is 1. The summed E-state index contributed by atoms with van der Waals surface area (Å²) in [4.78, 5) is 4.63. The van der Waals surface area contributed by atoms with Gasteiger partial charge in [-0.05, 0) is 40.0 Å². The van der Waals surface area contributed by atoms with Gasteiger partial charge in [-0.1, -0.05) is 0 Å². The minimum Gasteiger partial charge on any atom is -0.384 e. The third kappa shape index (κ3) is 1.83. The summed E-state index contributed by atoms with van der Waals surface area (Å²) in [5.41, 5.74) is 8.68. The molecule has 0 unspecified atom stereocenters. The van der Waals surface area contributed by atoms with Crippen LogP contribution in [-0.4, -0.2) is 46.8 Å². The minimum atomic E-state index is 0.502. The van der Waals surface area contributed by atoms with Crippen LogP contribution in [0.1, 0.15) is 30.1 Å². The SMILES string of the molecule is CN1CCC(n2nc3c(c2N)CN(C)C3)CC1. The molecule has 2 aliphatic heterocycles. The number of piperidine rings is 1. The van der Waals surface area contributed by atoms with Gasteiger partial charge in [-0.25, -0.2) is 4.68 Å². The zero-order chi connectivity index (χ0) is 12.0. The van der Waals surface area contributed by atoms with Crippen LogP contribution < -0.4 is 5.73 Å². The molecule has 1 fully saturated rings. The van der Waals surface area contributed by atoms with Crippen molar-refractivity contribution in [3.63, 3.8) is 0 Å². The van der Waals surface area contributed by atoms with Gasteiger partial charge in [0.15, 0.2) is 0 Å². The number of hydrogen-bond donors (Lipinski definition) is 1. The van der Waals surface area contributed by atoms with Crippen molar-refractivity contribution in [3.05, 3.63) is 11.3 Å². The molecule has 0 radical (unpaired) electrons. The van der Waals surface area contributed by atoms with Crippen LogP contribution in [0, 0.1) is 0 Å². The topological polar surface area (TPSA) is 50.3 Å². The first-order chi connectivity index (χ1) is 8.15. The van der Waals surface area contributed by atoms with Gasteiger partial charge in [0.1, 0.15) is 5.82 Å². The number of nitrogen functional groups attached to an aromatic ring is 1. The summed E-state index contributed by atoms with van der Waals surface area (Å²) < 4.78 is 2.09. The third-order valence-electron chi connectivity index (χ3n) is 4.01. The minimum absolute atomic E-state index is 0.502. The number of nitrogens with two attached hydrogens (primary N) is 1. The number of nitrogens with zero attached hydrogens (tertiary/aromatic N) is 4. The fraction of sp³-hybridized carbons (Fsp3) is 0.750. The summed E-state index contributed by atoms with van der Waals surface area (Å²) >= 11 is 0. The second kappa shape index (κ2) is 3.99. The highest BCUT2D eigenvalue weighted by Gasteiger charge is 2.28. The molecule has 0 bridgehead atoms. The lowest BCUT2D eigenvalue weighted by Crippen LogP contribution is -2.32. The Morgan fingerprint density at radius 2 is 1.82 bits per heavy atom. The van der Waals surface area contributed by atoms with Gasteiger partial charge in [0, 0.05) is 18.7 Å². The maximum absolute atomic E-state index is 6.24. The van der Waals surface area contributed by atoms with Crippen molar-refractivity contribution >= 4 is 5.82 Å². The van der Waals surface area contributed by atoms with Crippen molar-refractivity contribution < 1.29 is 0 Å². The van der Waals surface area contributed by atoms with Gasteiger partial charge in [0.05, 0.1) is 11.7 Å². The Hall–Kier alpha value is -1.07. The highest BCUT2D eigenvalue weighted by molar-refractivity contribution is 5.45. The van der Waals surface area contributed by atoms with Gasteiger partial charge in [-0.2, -0.15) is 5.10 Å². The summed E-state index contributed by atoms with van der Waals surface area (Å²) in [5.74, 6) is 0.902. The second-order valence-corrected chi connectivity index (χ2v) is 5.46. The third-order valence-corrected chi connectivity index (χ3v) is 4.01. The Morgan fingerprint density at radius 3 is 2.47 bits per heavy atom. The molecule has 17 heavy (non-hydrogen) atoms. The van der Waals surface area contributed by atoms with E-state index < -0.39 is 0 Å². The average Bonchev–Trinajstić information content (AvgIpc) is 2.79. The molecular formula is C12H21N5. The quantitative estimate of drug-likeness (QED) is 0.777. The predicted molar refractivity (Wildman–Crippen MR) is 67.6 cm³/mol. The molecular weight excluding hydrogens is 214 g/mol. The van der Waals surface area contributed by atoms with Crippen LogP contribution in [0.25, 0.3) is 0 Å². The van der Waals surface area contributed by atoms with Gasteiger partial charge in [0.2, 0.25) is 0 Å². The van der Waals surface area contributed by atoms with E-state index in [1.54, 1.807) is 0 Å². The predicted octanol–water partition coefficient (Wildman–Crippen LogP) is 0.677. The van der Waals surface area contributed by atoms with Crippen LogP contribution in [0.2, 0.25) is 0 Å². The summed E-state index contributed by atoms with van der Waals surface area (Å²) in [5, 5.41) is 4.72. The highest BCUT2D eigenvalue weighted by Crippen LogP contribution is 2.31. The van der Waals surface area contributed by atoms with E-state index in [1.807, 2.05) is 0 Å². The molecule has 1 aromatic heterocycles. The van der Waals surface area contributed by atoms with Crippen LogP contribution in [0.15, 0.2) is 0 Å². The van der Waals surface area contributed by atoms with Crippen LogP contribution in [0.5, 0.6) is 0 Å². The molecule has 0 aromatic carbocycles. The summed E-state index contributed by atoms with van der Waals surface area (Å²) in [6.07, 6.45) is 2.33. The van der Waals surface area contributed by atoms with Crippen LogP contribution in [0.3, 0.4) is 0 Å². The van der Waals surface area contributed by atoms with E-state index in [-0.39, 0.29) is 0 Å². The lowest BCUT2D eigenvalue weighted by Gasteiger charge is -2.29. The number of fused-ring (bicyclic) bond motifs is 1. The van der Waals surface area contributed by atoms with Gasteiger partial charge in [0.25, 0.3) is 0 Å². The van der Waals surface area contributed by atoms with E-state index >= 15 is 0 Å². The zero-order valence-electron chi connectivity index (χ0n) is 10.7. The van der Waals surface area contributed by atoms with Crippen LogP contribution >= 0.6 is 0 Å². The van der Waals surface area contributed by atoms with E-state index in [0.717, 1.165) is 44.8 Å². The Balaban J connectivity index is 1.83. The highest BCUT2D eigenvalue weighted by atomic mass is 15.4. The van der Waals surface area contributed by atoms with E-state index in [4.69, 9.17) is 10.8 Å². The molecule has 5 nitrogen and oxygen atoms in total.